The van der Waals surface area contributed by atoms with Crippen molar-refractivity contribution in [1.82, 2.24) is 24.2 Å². The summed E-state index contributed by atoms with van der Waals surface area (Å²) in [7, 11) is -1.93. The molecular formula is C11H18BrN5O2S. The summed E-state index contributed by atoms with van der Waals surface area (Å²) < 4.78 is 28.7. The first-order valence-corrected chi connectivity index (χ1v) is 9.03. The Morgan fingerprint density at radius 1 is 1.25 bits per heavy atom. The SMILES string of the molecule is Cn1nnc(Br)c1S(=O)(=O)N1CCN2CCCCC2C1. The Labute approximate surface area is 127 Å². The van der Waals surface area contributed by atoms with Gasteiger partial charge in [0, 0.05) is 32.7 Å². The molecule has 3 heterocycles. The van der Waals surface area contributed by atoms with E-state index in [1.165, 1.54) is 17.5 Å². The minimum Gasteiger partial charge on any atom is -0.298 e. The van der Waals surface area contributed by atoms with Crippen molar-refractivity contribution in [1.29, 1.82) is 0 Å². The largest absolute Gasteiger partial charge is 0.298 e. The number of nitrogens with zero attached hydrogens (tertiary/aromatic N) is 5. The van der Waals surface area contributed by atoms with E-state index in [-0.39, 0.29) is 9.63 Å². The predicted molar refractivity (Wildman–Crippen MR) is 76.7 cm³/mol. The molecule has 2 saturated heterocycles. The molecule has 0 amide bonds. The molecule has 0 spiro atoms. The van der Waals surface area contributed by atoms with E-state index in [4.69, 9.17) is 0 Å². The van der Waals surface area contributed by atoms with Crippen LogP contribution in [0.3, 0.4) is 0 Å². The maximum Gasteiger partial charge on any atom is 0.263 e. The van der Waals surface area contributed by atoms with E-state index in [2.05, 4.69) is 31.1 Å². The molecule has 0 aliphatic carbocycles. The molecule has 0 N–H and O–H groups in total. The lowest BCUT2D eigenvalue weighted by molar-refractivity contribution is 0.0849. The van der Waals surface area contributed by atoms with E-state index in [1.807, 2.05) is 0 Å². The van der Waals surface area contributed by atoms with Crippen LogP contribution in [-0.2, 0) is 17.1 Å². The second-order valence-electron chi connectivity index (χ2n) is 5.36. The van der Waals surface area contributed by atoms with Gasteiger partial charge in [0.15, 0.2) is 4.60 Å². The van der Waals surface area contributed by atoms with Crippen LogP contribution in [0.4, 0.5) is 0 Å². The predicted octanol–water partition coefficient (Wildman–Crippen LogP) is 0.436. The molecular weight excluding hydrogens is 346 g/mol. The van der Waals surface area contributed by atoms with Gasteiger partial charge < -0.3 is 0 Å². The molecule has 2 aliphatic heterocycles. The lowest BCUT2D eigenvalue weighted by Gasteiger charge is -2.43. The molecule has 7 nitrogen and oxygen atoms in total. The van der Waals surface area contributed by atoms with Crippen LogP contribution in [0.25, 0.3) is 0 Å². The zero-order valence-corrected chi connectivity index (χ0v) is 13.8. The third kappa shape index (κ3) is 2.40. The summed E-state index contributed by atoms with van der Waals surface area (Å²) in [6, 6.07) is 0.354. The fourth-order valence-corrected chi connectivity index (χ4v) is 5.56. The minimum atomic E-state index is -3.53. The number of hydrogen-bond donors (Lipinski definition) is 0. The number of piperidine rings is 1. The van der Waals surface area contributed by atoms with Crippen molar-refractivity contribution in [2.45, 2.75) is 30.3 Å². The lowest BCUT2D eigenvalue weighted by Crippen LogP contribution is -2.56. The van der Waals surface area contributed by atoms with E-state index >= 15 is 0 Å². The number of rotatable bonds is 2. The van der Waals surface area contributed by atoms with Gasteiger partial charge in [0.25, 0.3) is 10.0 Å². The number of fused-ring (bicyclic) bond motifs is 1. The van der Waals surface area contributed by atoms with Crippen LogP contribution in [-0.4, -0.2) is 64.8 Å². The van der Waals surface area contributed by atoms with Crippen LogP contribution in [0, 0.1) is 0 Å². The van der Waals surface area contributed by atoms with Crippen LogP contribution in [0.2, 0.25) is 0 Å². The standard InChI is InChI=1S/C11H18BrN5O2S/c1-15-11(10(12)13-14-15)20(18,19)17-7-6-16-5-3-2-4-9(16)8-17/h9H,2-8H2,1H3. The summed E-state index contributed by atoms with van der Waals surface area (Å²) in [5.41, 5.74) is 0. The highest BCUT2D eigenvalue weighted by Gasteiger charge is 2.37. The molecule has 1 unspecified atom stereocenters. The quantitative estimate of drug-likeness (QED) is 0.762. The van der Waals surface area contributed by atoms with Gasteiger partial charge in [-0.25, -0.2) is 13.1 Å². The van der Waals surface area contributed by atoms with Crippen LogP contribution < -0.4 is 0 Å². The minimum absolute atomic E-state index is 0.141. The van der Waals surface area contributed by atoms with Gasteiger partial charge in [0.05, 0.1) is 0 Å². The Hall–Kier alpha value is -0.510. The van der Waals surface area contributed by atoms with Crippen molar-refractivity contribution in [3.8, 4) is 0 Å². The van der Waals surface area contributed by atoms with Crippen molar-refractivity contribution in [3.05, 3.63) is 4.60 Å². The van der Waals surface area contributed by atoms with Crippen molar-refractivity contribution < 1.29 is 8.42 Å². The lowest BCUT2D eigenvalue weighted by atomic mass is 10.0. The molecule has 9 heteroatoms. The van der Waals surface area contributed by atoms with Crippen LogP contribution in [0.15, 0.2) is 9.63 Å². The van der Waals surface area contributed by atoms with Gasteiger partial charge in [-0.2, -0.15) is 4.31 Å². The summed E-state index contributed by atoms with van der Waals surface area (Å²) in [5.74, 6) is 0. The van der Waals surface area contributed by atoms with Crippen LogP contribution in [0.5, 0.6) is 0 Å². The smallest absolute Gasteiger partial charge is 0.263 e. The molecule has 2 aliphatic rings. The number of hydrogen-bond acceptors (Lipinski definition) is 5. The number of sulfonamides is 1. The fraction of sp³-hybridized carbons (Fsp3) is 0.818. The molecule has 3 rings (SSSR count). The molecule has 20 heavy (non-hydrogen) atoms. The summed E-state index contributed by atoms with van der Waals surface area (Å²) >= 11 is 3.18. The van der Waals surface area contributed by atoms with Gasteiger partial charge in [-0.15, -0.1) is 5.10 Å². The van der Waals surface area contributed by atoms with Gasteiger partial charge in [-0.3, -0.25) is 4.90 Å². The van der Waals surface area contributed by atoms with E-state index in [9.17, 15) is 8.42 Å². The second-order valence-corrected chi connectivity index (χ2v) is 7.96. The van der Waals surface area contributed by atoms with E-state index in [1.54, 1.807) is 11.4 Å². The Kier molecular flexibility index (Phi) is 3.87. The van der Waals surface area contributed by atoms with Gasteiger partial charge in [0.1, 0.15) is 0 Å². The highest BCUT2D eigenvalue weighted by atomic mass is 79.9. The molecule has 2 fully saturated rings. The molecule has 0 aromatic carbocycles. The summed E-state index contributed by atoms with van der Waals surface area (Å²) in [4.78, 5) is 2.41. The Morgan fingerprint density at radius 2 is 2.05 bits per heavy atom. The van der Waals surface area contributed by atoms with E-state index in [0.29, 0.717) is 19.1 Å². The Balaban J connectivity index is 1.85. The summed E-state index contributed by atoms with van der Waals surface area (Å²) in [5, 5.41) is 7.67. The summed E-state index contributed by atoms with van der Waals surface area (Å²) in [6.45, 7) is 3.01. The summed E-state index contributed by atoms with van der Waals surface area (Å²) in [6.07, 6.45) is 3.49. The molecule has 0 saturated carbocycles. The fourth-order valence-electron chi connectivity index (χ4n) is 3.06. The van der Waals surface area contributed by atoms with Crippen molar-refractivity contribution in [2.24, 2.45) is 7.05 Å². The second kappa shape index (κ2) is 5.36. The number of aromatic nitrogens is 3. The van der Waals surface area contributed by atoms with Crippen molar-refractivity contribution in [3.63, 3.8) is 0 Å². The molecule has 1 atom stereocenters. The van der Waals surface area contributed by atoms with Gasteiger partial charge in [0.2, 0.25) is 5.03 Å². The molecule has 0 bridgehead atoms. The number of aryl methyl sites for hydroxylation is 1. The third-order valence-corrected chi connectivity index (χ3v) is 6.88. The first kappa shape index (κ1) is 14.4. The molecule has 1 aromatic rings. The Bertz CT molecular complexity index is 582. The van der Waals surface area contributed by atoms with E-state index in [0.717, 1.165) is 19.5 Å². The molecule has 112 valence electrons. The van der Waals surface area contributed by atoms with Crippen LogP contribution in [0.1, 0.15) is 19.3 Å². The maximum atomic E-state index is 12.7. The van der Waals surface area contributed by atoms with Crippen molar-refractivity contribution >= 4 is 26.0 Å². The normalized spacial score (nSPS) is 25.6. The van der Waals surface area contributed by atoms with E-state index < -0.39 is 10.0 Å². The zero-order valence-electron chi connectivity index (χ0n) is 11.4. The number of piperazine rings is 1. The number of halogens is 1. The zero-order chi connectivity index (χ0) is 14.3. The monoisotopic (exact) mass is 363 g/mol. The van der Waals surface area contributed by atoms with Crippen LogP contribution >= 0.6 is 15.9 Å². The molecule has 0 radical (unpaired) electrons. The average molecular weight is 364 g/mol. The first-order chi connectivity index (χ1) is 9.50. The highest BCUT2D eigenvalue weighted by Crippen LogP contribution is 2.27. The Morgan fingerprint density at radius 3 is 2.75 bits per heavy atom. The molecule has 1 aromatic heterocycles. The van der Waals surface area contributed by atoms with Gasteiger partial charge in [-0.05, 0) is 35.3 Å². The third-order valence-electron chi connectivity index (χ3n) is 4.12. The van der Waals surface area contributed by atoms with Gasteiger partial charge in [-0.1, -0.05) is 11.6 Å². The topological polar surface area (TPSA) is 71.3 Å². The first-order valence-electron chi connectivity index (χ1n) is 6.79. The maximum absolute atomic E-state index is 12.7. The van der Waals surface area contributed by atoms with Gasteiger partial charge >= 0.3 is 0 Å². The highest BCUT2D eigenvalue weighted by molar-refractivity contribution is 9.10. The van der Waals surface area contributed by atoms with Crippen molar-refractivity contribution in [2.75, 3.05) is 26.2 Å². The average Bonchev–Trinajstić information content (AvgIpc) is 2.78.